The van der Waals surface area contributed by atoms with Crippen molar-refractivity contribution < 1.29 is 0 Å². The average molecular weight is 295 g/mol. The van der Waals surface area contributed by atoms with Gasteiger partial charge in [-0.3, -0.25) is 0 Å². The molecule has 2 aliphatic rings. The van der Waals surface area contributed by atoms with Crippen LogP contribution < -0.4 is 5.73 Å². The summed E-state index contributed by atoms with van der Waals surface area (Å²) in [5, 5.41) is 9.64. The maximum Gasteiger partial charge on any atom is 0.191 e. The first-order valence-corrected chi connectivity index (χ1v) is 8.75. The van der Waals surface area contributed by atoms with Crippen molar-refractivity contribution in [3.63, 3.8) is 0 Å². The van der Waals surface area contributed by atoms with Gasteiger partial charge in [0.15, 0.2) is 5.16 Å². The van der Waals surface area contributed by atoms with Crippen LogP contribution in [-0.4, -0.2) is 45.1 Å². The second-order valence-electron chi connectivity index (χ2n) is 5.97. The summed E-state index contributed by atoms with van der Waals surface area (Å²) in [5.74, 6) is 2.08. The molecule has 0 bridgehead atoms. The summed E-state index contributed by atoms with van der Waals surface area (Å²) in [7, 11) is 2.26. The summed E-state index contributed by atoms with van der Waals surface area (Å²) < 4.78 is 2.27. The van der Waals surface area contributed by atoms with Crippen LogP contribution in [0.25, 0.3) is 0 Å². The minimum absolute atomic E-state index is 0.495. The van der Waals surface area contributed by atoms with E-state index in [-0.39, 0.29) is 0 Å². The van der Waals surface area contributed by atoms with Crippen molar-refractivity contribution in [1.82, 2.24) is 19.7 Å². The maximum atomic E-state index is 5.75. The van der Waals surface area contributed by atoms with Crippen LogP contribution in [-0.2, 0) is 6.54 Å². The Hall–Kier alpha value is -0.590. The Bertz CT molecular complexity index is 443. The van der Waals surface area contributed by atoms with Gasteiger partial charge in [-0.25, -0.2) is 0 Å². The third-order valence-electron chi connectivity index (χ3n) is 4.43. The van der Waals surface area contributed by atoms with Gasteiger partial charge in [0.1, 0.15) is 5.82 Å². The Kier molecular flexibility index (Phi) is 4.63. The maximum absolute atomic E-state index is 5.75. The van der Waals surface area contributed by atoms with Crippen molar-refractivity contribution in [3.8, 4) is 0 Å². The zero-order chi connectivity index (χ0) is 13.9. The van der Waals surface area contributed by atoms with Gasteiger partial charge in [-0.15, -0.1) is 10.2 Å². The first-order chi connectivity index (χ1) is 9.79. The Morgan fingerprint density at radius 3 is 2.80 bits per heavy atom. The molecule has 0 radical (unpaired) electrons. The van der Waals surface area contributed by atoms with Crippen molar-refractivity contribution in [2.75, 3.05) is 19.3 Å². The molecule has 1 unspecified atom stereocenters. The number of rotatable bonds is 6. The van der Waals surface area contributed by atoms with E-state index >= 15 is 0 Å². The Balaban J connectivity index is 1.54. The monoisotopic (exact) mass is 295 g/mol. The van der Waals surface area contributed by atoms with Crippen LogP contribution in [0.4, 0.5) is 0 Å². The molecule has 1 aliphatic heterocycles. The van der Waals surface area contributed by atoms with Gasteiger partial charge in [0.25, 0.3) is 0 Å². The molecular weight excluding hydrogens is 270 g/mol. The molecule has 0 amide bonds. The van der Waals surface area contributed by atoms with E-state index in [0.29, 0.717) is 12.6 Å². The highest BCUT2D eigenvalue weighted by Crippen LogP contribution is 2.38. The van der Waals surface area contributed by atoms with Gasteiger partial charge < -0.3 is 15.2 Å². The highest BCUT2D eigenvalue weighted by Gasteiger charge is 2.29. The van der Waals surface area contributed by atoms with E-state index in [0.717, 1.165) is 22.8 Å². The molecule has 1 saturated heterocycles. The van der Waals surface area contributed by atoms with E-state index in [1.807, 2.05) is 11.8 Å². The second kappa shape index (κ2) is 6.45. The molecule has 0 aromatic carbocycles. The summed E-state index contributed by atoms with van der Waals surface area (Å²) in [6.45, 7) is 1.75. The van der Waals surface area contributed by atoms with Crippen LogP contribution in [0.2, 0.25) is 0 Å². The van der Waals surface area contributed by atoms with Crippen LogP contribution in [0.3, 0.4) is 0 Å². The highest BCUT2D eigenvalue weighted by molar-refractivity contribution is 7.99. The van der Waals surface area contributed by atoms with E-state index in [1.165, 1.54) is 45.1 Å². The van der Waals surface area contributed by atoms with Crippen LogP contribution in [0.15, 0.2) is 5.16 Å². The molecule has 1 aromatic heterocycles. The van der Waals surface area contributed by atoms with Crippen molar-refractivity contribution in [3.05, 3.63) is 5.82 Å². The third-order valence-corrected chi connectivity index (χ3v) is 5.41. The van der Waals surface area contributed by atoms with Gasteiger partial charge >= 0.3 is 0 Å². The third kappa shape index (κ3) is 3.18. The second-order valence-corrected chi connectivity index (χ2v) is 7.03. The molecule has 1 aliphatic carbocycles. The van der Waals surface area contributed by atoms with Crippen molar-refractivity contribution in [2.24, 2.45) is 5.73 Å². The zero-order valence-electron chi connectivity index (χ0n) is 12.3. The van der Waals surface area contributed by atoms with Crippen molar-refractivity contribution >= 4 is 11.8 Å². The minimum Gasteiger partial charge on any atom is -0.324 e. The molecular formula is C14H25N5S. The molecule has 2 heterocycles. The first kappa shape index (κ1) is 14.4. The van der Waals surface area contributed by atoms with E-state index in [2.05, 4.69) is 26.7 Å². The fourth-order valence-corrected chi connectivity index (χ4v) is 4.10. The molecule has 112 valence electrons. The lowest BCUT2D eigenvalue weighted by Crippen LogP contribution is -2.36. The lowest BCUT2D eigenvalue weighted by molar-refractivity contribution is 0.182. The summed E-state index contributed by atoms with van der Waals surface area (Å²) in [6.07, 6.45) is 7.84. The normalized spacial score (nSPS) is 24.2. The number of hydrogen-bond acceptors (Lipinski definition) is 5. The molecule has 20 heavy (non-hydrogen) atoms. The van der Waals surface area contributed by atoms with Gasteiger partial charge in [-0.05, 0) is 45.7 Å². The SMILES string of the molecule is CN1CCCCC1CCSc1nnc(CN)n1C1CC1. The topological polar surface area (TPSA) is 60.0 Å². The smallest absolute Gasteiger partial charge is 0.191 e. The number of aromatic nitrogens is 3. The van der Waals surface area contributed by atoms with E-state index < -0.39 is 0 Å². The standard InChI is InChI=1S/C14H25N5S/c1-18-8-3-2-4-11(18)7-9-20-14-17-16-13(10-15)19(14)12-5-6-12/h11-12H,2-10,15H2,1H3. The van der Waals surface area contributed by atoms with Gasteiger partial charge in [-0.2, -0.15) is 0 Å². The molecule has 5 nitrogen and oxygen atoms in total. The van der Waals surface area contributed by atoms with Gasteiger partial charge in [0.2, 0.25) is 0 Å². The number of nitrogens with two attached hydrogens (primary N) is 1. The summed E-state index contributed by atoms with van der Waals surface area (Å²) in [5.41, 5.74) is 5.75. The number of hydrogen-bond donors (Lipinski definition) is 1. The van der Waals surface area contributed by atoms with Crippen LogP contribution in [0, 0.1) is 0 Å². The fourth-order valence-electron chi connectivity index (χ4n) is 3.04. The number of piperidine rings is 1. The quantitative estimate of drug-likeness (QED) is 0.814. The molecule has 2 fully saturated rings. The predicted molar refractivity (Wildman–Crippen MR) is 81.8 cm³/mol. The summed E-state index contributed by atoms with van der Waals surface area (Å²) >= 11 is 1.85. The van der Waals surface area contributed by atoms with Crippen LogP contribution in [0.5, 0.6) is 0 Å². The molecule has 0 spiro atoms. The van der Waals surface area contributed by atoms with Crippen LogP contribution in [0.1, 0.15) is 50.4 Å². The van der Waals surface area contributed by atoms with E-state index in [1.54, 1.807) is 0 Å². The predicted octanol–water partition coefficient (Wildman–Crippen LogP) is 2.04. The summed E-state index contributed by atoms with van der Waals surface area (Å²) in [4.78, 5) is 2.51. The number of nitrogens with zero attached hydrogens (tertiary/aromatic N) is 4. The molecule has 3 rings (SSSR count). The number of thioether (sulfide) groups is 1. The van der Waals surface area contributed by atoms with Crippen LogP contribution >= 0.6 is 11.8 Å². The van der Waals surface area contributed by atoms with Gasteiger partial charge in [0.05, 0.1) is 6.54 Å². The van der Waals surface area contributed by atoms with Crippen molar-refractivity contribution in [1.29, 1.82) is 0 Å². The summed E-state index contributed by atoms with van der Waals surface area (Å²) in [6, 6.07) is 1.37. The lowest BCUT2D eigenvalue weighted by Gasteiger charge is -2.32. The number of likely N-dealkylation sites (tertiary alicyclic amines) is 1. The molecule has 1 saturated carbocycles. The highest BCUT2D eigenvalue weighted by atomic mass is 32.2. The van der Waals surface area contributed by atoms with Gasteiger partial charge in [0, 0.05) is 17.8 Å². The minimum atomic E-state index is 0.495. The molecule has 1 atom stereocenters. The average Bonchev–Trinajstić information content (AvgIpc) is 3.22. The fraction of sp³-hybridized carbons (Fsp3) is 0.857. The Morgan fingerprint density at radius 2 is 2.10 bits per heavy atom. The van der Waals surface area contributed by atoms with E-state index in [4.69, 9.17) is 5.73 Å². The zero-order valence-corrected chi connectivity index (χ0v) is 13.1. The molecule has 2 N–H and O–H groups in total. The first-order valence-electron chi connectivity index (χ1n) is 7.76. The largest absolute Gasteiger partial charge is 0.324 e. The molecule has 1 aromatic rings. The van der Waals surface area contributed by atoms with Gasteiger partial charge in [-0.1, -0.05) is 18.2 Å². The Labute approximate surface area is 125 Å². The lowest BCUT2D eigenvalue weighted by atomic mass is 10.0. The Morgan fingerprint density at radius 1 is 1.25 bits per heavy atom. The molecule has 6 heteroatoms. The van der Waals surface area contributed by atoms with Crippen molar-refractivity contribution in [2.45, 2.75) is 62.3 Å². The van der Waals surface area contributed by atoms with E-state index in [9.17, 15) is 0 Å².